The maximum atomic E-state index is 11.2. The fraction of sp³-hybridized carbons (Fsp3) is 0.417. The van der Waals surface area contributed by atoms with Crippen LogP contribution in [0.4, 0.5) is 0 Å². The number of carbonyl (C=O) groups is 1. The second-order valence-electron chi connectivity index (χ2n) is 4.39. The highest BCUT2D eigenvalue weighted by Gasteiger charge is 2.34. The third-order valence-corrected chi connectivity index (χ3v) is 3.68. The van der Waals surface area contributed by atoms with Crippen LogP contribution in [-0.2, 0) is 19.6 Å². The minimum absolute atomic E-state index is 0.310. The largest absolute Gasteiger partial charge is 0.479 e. The Labute approximate surface area is 111 Å². The summed E-state index contributed by atoms with van der Waals surface area (Å²) in [6.45, 7) is 3.03. The van der Waals surface area contributed by atoms with E-state index in [0.717, 1.165) is 0 Å². The molecule has 1 aromatic rings. The van der Waals surface area contributed by atoms with Crippen molar-refractivity contribution in [3.63, 3.8) is 0 Å². The molecule has 0 spiro atoms. The molecular weight excluding hydrogens is 272 g/mol. The predicted octanol–water partition coefficient (Wildman–Crippen LogP) is 1.70. The van der Waals surface area contributed by atoms with E-state index < -0.39 is 33.5 Å². The van der Waals surface area contributed by atoms with Crippen LogP contribution in [0.1, 0.15) is 25.5 Å². The van der Waals surface area contributed by atoms with Crippen molar-refractivity contribution in [3.8, 4) is 0 Å². The number of hydrogen-bond acceptors (Lipinski definition) is 4. The van der Waals surface area contributed by atoms with Crippen LogP contribution in [-0.4, -0.2) is 29.5 Å². The van der Waals surface area contributed by atoms with E-state index in [2.05, 4.69) is 0 Å². The second-order valence-corrected chi connectivity index (χ2v) is 5.89. The minimum atomic E-state index is -4.49. The van der Waals surface area contributed by atoms with Crippen LogP contribution in [0.2, 0.25) is 0 Å². The highest BCUT2D eigenvalue weighted by atomic mass is 32.2. The van der Waals surface area contributed by atoms with Crippen LogP contribution in [0, 0.1) is 5.92 Å². The van der Waals surface area contributed by atoms with Crippen LogP contribution >= 0.6 is 0 Å². The molecule has 0 bridgehead atoms. The smallest absolute Gasteiger partial charge is 0.337 e. The third kappa shape index (κ3) is 4.30. The van der Waals surface area contributed by atoms with Crippen molar-refractivity contribution in [3.05, 3.63) is 35.9 Å². The van der Waals surface area contributed by atoms with E-state index in [9.17, 15) is 13.2 Å². The summed E-state index contributed by atoms with van der Waals surface area (Å²) in [6.07, 6.45) is -1.45. The maximum Gasteiger partial charge on any atom is 0.337 e. The molecule has 0 aliphatic rings. The van der Waals surface area contributed by atoms with Gasteiger partial charge in [-0.1, -0.05) is 44.2 Å². The van der Waals surface area contributed by atoms with Crippen LogP contribution < -0.4 is 0 Å². The van der Waals surface area contributed by atoms with Gasteiger partial charge in [-0.25, -0.2) is 4.79 Å². The average Bonchev–Trinajstić information content (AvgIpc) is 2.28. The Morgan fingerprint density at radius 1 is 1.21 bits per heavy atom. The third-order valence-electron chi connectivity index (χ3n) is 2.43. The lowest BCUT2D eigenvalue weighted by Crippen LogP contribution is -2.33. The van der Waals surface area contributed by atoms with Gasteiger partial charge in [0.25, 0.3) is 10.1 Å². The zero-order valence-corrected chi connectivity index (χ0v) is 11.4. The second kappa shape index (κ2) is 6.14. The molecule has 0 heterocycles. The van der Waals surface area contributed by atoms with Crippen molar-refractivity contribution in [2.75, 3.05) is 0 Å². The number of aliphatic carboxylic acids is 1. The summed E-state index contributed by atoms with van der Waals surface area (Å²) >= 11 is 0. The van der Waals surface area contributed by atoms with Gasteiger partial charge >= 0.3 is 5.97 Å². The molecule has 7 heteroatoms. The summed E-state index contributed by atoms with van der Waals surface area (Å²) in [7, 11) is -4.49. The normalized spacial score (nSPS) is 15.2. The van der Waals surface area contributed by atoms with E-state index in [1.165, 1.54) is 26.0 Å². The van der Waals surface area contributed by atoms with Gasteiger partial charge in [0.05, 0.1) is 0 Å². The first kappa shape index (κ1) is 15.6. The summed E-state index contributed by atoms with van der Waals surface area (Å²) in [4.78, 5) is 11.2. The molecule has 0 fully saturated rings. The summed E-state index contributed by atoms with van der Waals surface area (Å²) in [5.74, 6) is -1.90. The molecule has 1 aromatic carbocycles. The van der Waals surface area contributed by atoms with Crippen molar-refractivity contribution in [1.29, 1.82) is 0 Å². The summed E-state index contributed by atoms with van der Waals surface area (Å²) in [5, 5.41) is 9.12. The summed E-state index contributed by atoms with van der Waals surface area (Å²) < 4.78 is 36.6. The topological polar surface area (TPSA) is 101 Å². The lowest BCUT2D eigenvalue weighted by Gasteiger charge is -2.23. The zero-order chi connectivity index (χ0) is 14.6. The zero-order valence-electron chi connectivity index (χ0n) is 10.6. The van der Waals surface area contributed by atoms with Gasteiger partial charge < -0.3 is 9.84 Å². The SMILES string of the molecule is CC(C)C(OC(C(=O)O)c1ccccc1)S(=O)(=O)O. The van der Waals surface area contributed by atoms with E-state index in [-0.39, 0.29) is 0 Å². The molecule has 19 heavy (non-hydrogen) atoms. The number of rotatable bonds is 6. The molecule has 2 N–H and O–H groups in total. The number of ether oxygens (including phenoxy) is 1. The van der Waals surface area contributed by atoms with Crippen LogP contribution in [0.25, 0.3) is 0 Å². The van der Waals surface area contributed by atoms with Gasteiger partial charge in [-0.3, -0.25) is 4.55 Å². The number of hydrogen-bond donors (Lipinski definition) is 2. The molecule has 0 radical (unpaired) electrons. The molecule has 0 saturated carbocycles. The summed E-state index contributed by atoms with van der Waals surface area (Å²) in [5.41, 5.74) is -1.28. The van der Waals surface area contributed by atoms with Crippen molar-refractivity contribution < 1.29 is 27.6 Å². The highest BCUT2D eigenvalue weighted by Crippen LogP contribution is 2.24. The van der Waals surface area contributed by atoms with Gasteiger partial charge in [0.1, 0.15) is 0 Å². The minimum Gasteiger partial charge on any atom is -0.479 e. The van der Waals surface area contributed by atoms with E-state index in [1.54, 1.807) is 18.2 Å². The van der Waals surface area contributed by atoms with Crippen LogP contribution in [0.5, 0.6) is 0 Å². The molecule has 2 unspecified atom stereocenters. The molecule has 0 amide bonds. The first-order valence-electron chi connectivity index (χ1n) is 5.63. The van der Waals surface area contributed by atoms with Crippen molar-refractivity contribution in [2.24, 2.45) is 5.92 Å². The molecule has 0 aromatic heterocycles. The molecular formula is C12H16O6S. The van der Waals surface area contributed by atoms with Gasteiger partial charge in [-0.15, -0.1) is 0 Å². The van der Waals surface area contributed by atoms with Gasteiger partial charge in [0.2, 0.25) is 0 Å². The van der Waals surface area contributed by atoms with Crippen LogP contribution in [0.3, 0.4) is 0 Å². The molecule has 0 aliphatic carbocycles. The van der Waals surface area contributed by atoms with E-state index in [1.807, 2.05) is 0 Å². The first-order chi connectivity index (χ1) is 8.73. The first-order valence-corrected chi connectivity index (χ1v) is 7.13. The lowest BCUT2D eigenvalue weighted by atomic mass is 10.1. The molecule has 106 valence electrons. The van der Waals surface area contributed by atoms with E-state index >= 15 is 0 Å². The predicted molar refractivity (Wildman–Crippen MR) is 68.1 cm³/mol. The monoisotopic (exact) mass is 288 g/mol. The lowest BCUT2D eigenvalue weighted by molar-refractivity contribution is -0.153. The van der Waals surface area contributed by atoms with Gasteiger partial charge in [-0.05, 0) is 11.5 Å². The summed E-state index contributed by atoms with van der Waals surface area (Å²) in [6, 6.07) is 7.96. The van der Waals surface area contributed by atoms with Crippen LogP contribution in [0.15, 0.2) is 30.3 Å². The van der Waals surface area contributed by atoms with Crippen molar-refractivity contribution >= 4 is 16.1 Å². The van der Waals surface area contributed by atoms with Gasteiger partial charge in [0, 0.05) is 0 Å². The fourth-order valence-electron chi connectivity index (χ4n) is 1.61. The number of carboxylic acids is 1. The van der Waals surface area contributed by atoms with Crippen molar-refractivity contribution in [1.82, 2.24) is 0 Å². The molecule has 1 rings (SSSR count). The van der Waals surface area contributed by atoms with E-state index in [0.29, 0.717) is 5.56 Å². The Hall–Kier alpha value is -1.44. The average molecular weight is 288 g/mol. The Balaban J connectivity index is 3.06. The van der Waals surface area contributed by atoms with E-state index in [4.69, 9.17) is 14.4 Å². The molecule has 6 nitrogen and oxygen atoms in total. The Morgan fingerprint density at radius 2 is 1.74 bits per heavy atom. The standard InChI is InChI=1S/C12H16O6S/c1-8(2)12(19(15,16)17)18-10(11(13)14)9-6-4-3-5-7-9/h3-8,10,12H,1-2H3,(H,13,14)(H,15,16,17). The number of benzene rings is 1. The fourth-order valence-corrected chi connectivity index (χ4v) is 2.55. The Bertz CT molecular complexity index is 522. The molecule has 0 aliphatic heterocycles. The Kier molecular flexibility index (Phi) is 5.04. The quantitative estimate of drug-likeness (QED) is 0.773. The van der Waals surface area contributed by atoms with Crippen molar-refractivity contribution in [2.45, 2.75) is 25.4 Å². The Morgan fingerprint density at radius 3 is 2.11 bits per heavy atom. The van der Waals surface area contributed by atoms with Gasteiger partial charge in [0.15, 0.2) is 11.5 Å². The molecule has 2 atom stereocenters. The van der Waals surface area contributed by atoms with Gasteiger partial charge in [-0.2, -0.15) is 8.42 Å². The maximum absolute atomic E-state index is 11.2. The highest BCUT2D eigenvalue weighted by molar-refractivity contribution is 7.86. The molecule has 0 saturated heterocycles. The number of carboxylic acid groups (broad SMARTS) is 1.